The van der Waals surface area contributed by atoms with Gasteiger partial charge in [0.1, 0.15) is 0 Å². The number of morpholine rings is 1. The second-order valence-electron chi connectivity index (χ2n) is 7.15. The number of carbonyl (C=O) groups excluding carboxylic acids is 1. The van der Waals surface area contributed by atoms with E-state index in [1.165, 1.54) is 9.13 Å². The van der Waals surface area contributed by atoms with E-state index < -0.39 is 11.1 Å². The Labute approximate surface area is 180 Å². The number of amides is 1. The zero-order valence-electron chi connectivity index (χ0n) is 16.6. The molecule has 0 atom stereocenters. The van der Waals surface area contributed by atoms with Crippen molar-refractivity contribution < 1.29 is 9.53 Å². The molecule has 1 saturated heterocycles. The molecule has 8 nitrogen and oxygen atoms in total. The van der Waals surface area contributed by atoms with Crippen molar-refractivity contribution in [3.63, 3.8) is 0 Å². The third-order valence-corrected chi connectivity index (χ3v) is 5.84. The fourth-order valence-corrected chi connectivity index (χ4v) is 3.83. The molecule has 1 N–H and O–H groups in total. The van der Waals surface area contributed by atoms with Crippen LogP contribution in [0.25, 0.3) is 11.0 Å². The lowest BCUT2D eigenvalue weighted by molar-refractivity contribution is 0.102. The number of ether oxygens (including phenoxy) is 1. The molecule has 30 heavy (non-hydrogen) atoms. The number of fused-ring (bicyclic) bond motifs is 1. The Morgan fingerprint density at radius 3 is 2.13 bits per heavy atom. The van der Waals surface area contributed by atoms with Crippen molar-refractivity contribution in [3.8, 4) is 0 Å². The van der Waals surface area contributed by atoms with E-state index in [0.717, 1.165) is 10.2 Å². The molecule has 0 spiro atoms. The molecule has 0 saturated carbocycles. The number of aromatic nitrogens is 2. The Bertz CT molecular complexity index is 1240. The number of aryl methyl sites for hydroxylation is 2. The Morgan fingerprint density at radius 1 is 0.967 bits per heavy atom. The van der Waals surface area contributed by atoms with Crippen LogP contribution in [0.15, 0.2) is 50.5 Å². The topological polar surface area (TPSA) is 85.6 Å². The fraction of sp³-hybridized carbons (Fsp3) is 0.286. The number of halogens is 1. The number of hydrogen-bond donors (Lipinski definition) is 1. The summed E-state index contributed by atoms with van der Waals surface area (Å²) in [4.78, 5) is 39.6. The minimum atomic E-state index is -0.616. The van der Waals surface area contributed by atoms with Crippen LogP contribution in [0.2, 0.25) is 0 Å². The SMILES string of the molecule is Cn1c(=O)c(=O)n(C)c2cc(N3CCOCC3)c(NC(=O)c3ccc(Br)cc3)cc21. The Hall–Kier alpha value is -2.91. The molecule has 4 rings (SSSR count). The molecule has 1 aliphatic heterocycles. The predicted octanol–water partition coefficient (Wildman–Crippen LogP) is 2.09. The summed E-state index contributed by atoms with van der Waals surface area (Å²) in [5.74, 6) is -0.258. The van der Waals surface area contributed by atoms with Gasteiger partial charge in [-0.25, -0.2) is 0 Å². The van der Waals surface area contributed by atoms with E-state index in [1.54, 1.807) is 44.4 Å². The van der Waals surface area contributed by atoms with Gasteiger partial charge in [0.25, 0.3) is 5.91 Å². The first-order valence-corrected chi connectivity index (χ1v) is 10.3. The number of nitrogens with zero attached hydrogens (tertiary/aromatic N) is 3. The summed E-state index contributed by atoms with van der Waals surface area (Å²) in [5.41, 5.74) is 1.84. The second kappa shape index (κ2) is 8.08. The molecule has 1 aliphatic rings. The van der Waals surface area contributed by atoms with Crippen LogP contribution in [0.4, 0.5) is 11.4 Å². The molecule has 0 aliphatic carbocycles. The van der Waals surface area contributed by atoms with E-state index in [9.17, 15) is 14.4 Å². The standard InChI is InChI=1S/C21H21BrN4O4/c1-24-17-11-15(23-19(27)13-3-5-14(22)6-4-13)16(26-7-9-30-10-8-26)12-18(17)25(2)21(29)20(24)28/h3-6,11-12H,7-10H2,1-2H3,(H,23,27). The monoisotopic (exact) mass is 472 g/mol. The first-order chi connectivity index (χ1) is 14.4. The van der Waals surface area contributed by atoms with Gasteiger partial charge in [0.2, 0.25) is 0 Å². The average Bonchev–Trinajstić information content (AvgIpc) is 2.77. The summed E-state index contributed by atoms with van der Waals surface area (Å²) in [6.07, 6.45) is 0. The van der Waals surface area contributed by atoms with E-state index in [0.29, 0.717) is 48.6 Å². The maximum atomic E-state index is 12.9. The second-order valence-corrected chi connectivity index (χ2v) is 8.06. The average molecular weight is 473 g/mol. The molecular formula is C21H21BrN4O4. The Balaban J connectivity index is 1.87. The van der Waals surface area contributed by atoms with Crippen molar-refractivity contribution in [3.05, 3.63) is 67.1 Å². The van der Waals surface area contributed by atoms with Gasteiger partial charge >= 0.3 is 11.1 Å². The van der Waals surface area contributed by atoms with Crippen LogP contribution in [0.5, 0.6) is 0 Å². The van der Waals surface area contributed by atoms with E-state index in [-0.39, 0.29) is 5.91 Å². The van der Waals surface area contributed by atoms with Crippen molar-refractivity contribution in [1.29, 1.82) is 0 Å². The highest BCUT2D eigenvalue weighted by Gasteiger charge is 2.20. The summed E-state index contributed by atoms with van der Waals surface area (Å²) >= 11 is 3.37. The molecule has 1 aromatic heterocycles. The van der Waals surface area contributed by atoms with Crippen LogP contribution in [-0.4, -0.2) is 41.3 Å². The highest BCUT2D eigenvalue weighted by Crippen LogP contribution is 2.31. The molecule has 1 fully saturated rings. The minimum Gasteiger partial charge on any atom is -0.378 e. The maximum Gasteiger partial charge on any atom is 0.316 e. The summed E-state index contributed by atoms with van der Waals surface area (Å²) in [7, 11) is 3.13. The molecule has 0 radical (unpaired) electrons. The van der Waals surface area contributed by atoms with Gasteiger partial charge < -0.3 is 24.1 Å². The molecule has 1 amide bonds. The van der Waals surface area contributed by atoms with Gasteiger partial charge in [-0.1, -0.05) is 15.9 Å². The van der Waals surface area contributed by atoms with Crippen molar-refractivity contribution in [2.75, 3.05) is 36.5 Å². The smallest absolute Gasteiger partial charge is 0.316 e. The molecule has 2 heterocycles. The van der Waals surface area contributed by atoms with Crippen LogP contribution in [0.3, 0.4) is 0 Å². The lowest BCUT2D eigenvalue weighted by atomic mass is 10.1. The predicted molar refractivity (Wildman–Crippen MR) is 120 cm³/mol. The lowest BCUT2D eigenvalue weighted by Crippen LogP contribution is -2.40. The normalized spacial score (nSPS) is 14.2. The molecule has 0 bridgehead atoms. The third kappa shape index (κ3) is 3.66. The number of rotatable bonds is 3. The van der Waals surface area contributed by atoms with Crippen LogP contribution < -0.4 is 21.3 Å². The first-order valence-electron chi connectivity index (χ1n) is 9.50. The Kier molecular flexibility index (Phi) is 5.48. The summed E-state index contributed by atoms with van der Waals surface area (Å²) in [6, 6.07) is 10.7. The van der Waals surface area contributed by atoms with Gasteiger partial charge in [-0.05, 0) is 36.4 Å². The van der Waals surface area contributed by atoms with Crippen LogP contribution >= 0.6 is 15.9 Å². The van der Waals surface area contributed by atoms with Gasteiger partial charge in [0.15, 0.2) is 0 Å². The van der Waals surface area contributed by atoms with E-state index in [1.807, 2.05) is 6.07 Å². The molecule has 2 aromatic carbocycles. The lowest BCUT2D eigenvalue weighted by Gasteiger charge is -2.31. The van der Waals surface area contributed by atoms with Crippen molar-refractivity contribution in [2.45, 2.75) is 0 Å². The summed E-state index contributed by atoms with van der Waals surface area (Å²) in [6.45, 7) is 2.47. The van der Waals surface area contributed by atoms with Crippen LogP contribution in [0.1, 0.15) is 10.4 Å². The highest BCUT2D eigenvalue weighted by atomic mass is 79.9. The van der Waals surface area contributed by atoms with Crippen LogP contribution in [0, 0.1) is 0 Å². The zero-order valence-corrected chi connectivity index (χ0v) is 18.2. The van der Waals surface area contributed by atoms with Gasteiger partial charge in [-0.2, -0.15) is 0 Å². The summed E-state index contributed by atoms with van der Waals surface area (Å²) < 4.78 is 9.00. The summed E-state index contributed by atoms with van der Waals surface area (Å²) in [5, 5.41) is 2.98. The molecule has 3 aromatic rings. The number of nitrogens with one attached hydrogen (secondary N) is 1. The quantitative estimate of drug-likeness (QED) is 0.589. The number of benzene rings is 2. The van der Waals surface area contributed by atoms with Gasteiger partial charge in [0.05, 0.1) is 35.6 Å². The van der Waals surface area contributed by atoms with E-state index in [4.69, 9.17) is 4.74 Å². The Morgan fingerprint density at radius 2 is 1.53 bits per heavy atom. The number of carbonyl (C=O) groups is 1. The van der Waals surface area contributed by atoms with Crippen molar-refractivity contribution in [1.82, 2.24) is 9.13 Å². The van der Waals surface area contributed by atoms with E-state index >= 15 is 0 Å². The fourth-order valence-electron chi connectivity index (χ4n) is 3.57. The van der Waals surface area contributed by atoms with Gasteiger partial charge in [-0.3, -0.25) is 14.4 Å². The molecular weight excluding hydrogens is 452 g/mol. The molecule has 9 heteroatoms. The third-order valence-electron chi connectivity index (χ3n) is 5.31. The molecule has 156 valence electrons. The van der Waals surface area contributed by atoms with Gasteiger partial charge in [-0.15, -0.1) is 0 Å². The maximum absolute atomic E-state index is 12.9. The number of hydrogen-bond acceptors (Lipinski definition) is 5. The van der Waals surface area contributed by atoms with Crippen molar-refractivity contribution in [2.24, 2.45) is 14.1 Å². The highest BCUT2D eigenvalue weighted by molar-refractivity contribution is 9.10. The van der Waals surface area contributed by atoms with Crippen LogP contribution in [-0.2, 0) is 18.8 Å². The van der Waals surface area contributed by atoms with Gasteiger partial charge in [0, 0.05) is 37.2 Å². The van der Waals surface area contributed by atoms with E-state index in [2.05, 4.69) is 26.1 Å². The zero-order chi connectivity index (χ0) is 21.4. The molecule has 0 unspecified atom stereocenters. The van der Waals surface area contributed by atoms with Crippen molar-refractivity contribution >= 4 is 44.2 Å². The first kappa shape index (κ1) is 20.4. The minimum absolute atomic E-state index is 0.258. The number of anilines is 2. The largest absolute Gasteiger partial charge is 0.378 e.